The number of aryl methyl sites for hydroxylation is 2. The van der Waals surface area contributed by atoms with Crippen LogP contribution in [0.4, 0.5) is 0 Å². The van der Waals surface area contributed by atoms with Crippen molar-refractivity contribution in [2.24, 2.45) is 5.73 Å². The summed E-state index contributed by atoms with van der Waals surface area (Å²) in [6.07, 6.45) is 0.236. The summed E-state index contributed by atoms with van der Waals surface area (Å²) < 4.78 is 27.1. The number of hydrogen-bond donors (Lipinski definition) is 3. The molecule has 1 aromatic carbocycles. The topological polar surface area (TPSA) is 135 Å². The molecule has 0 aliphatic rings. The zero-order chi connectivity index (χ0) is 19.8. The third-order valence-corrected chi connectivity index (χ3v) is 6.77. The molecule has 27 heavy (non-hydrogen) atoms. The minimum Gasteiger partial charge on any atom is -0.366 e. The smallest absolute Gasteiger partial charge is 0.259 e. The van der Waals surface area contributed by atoms with E-state index in [1.165, 1.54) is 35.6 Å². The summed E-state index contributed by atoms with van der Waals surface area (Å²) in [5.74, 6) is -0.211. The quantitative estimate of drug-likeness (QED) is 0.566. The molecule has 2 aromatic heterocycles. The van der Waals surface area contributed by atoms with E-state index in [0.29, 0.717) is 16.0 Å². The van der Waals surface area contributed by atoms with Gasteiger partial charge in [-0.3, -0.25) is 9.59 Å². The predicted molar refractivity (Wildman–Crippen MR) is 104 cm³/mol. The Balaban J connectivity index is 1.72. The second-order valence-corrected chi connectivity index (χ2v) is 8.98. The van der Waals surface area contributed by atoms with Crippen LogP contribution in [0.3, 0.4) is 0 Å². The molecule has 4 N–H and O–H groups in total. The van der Waals surface area contributed by atoms with E-state index in [4.69, 9.17) is 5.73 Å². The Morgan fingerprint density at radius 1 is 1.26 bits per heavy atom. The highest BCUT2D eigenvalue weighted by Gasteiger charge is 2.15. The number of rotatable bonds is 6. The summed E-state index contributed by atoms with van der Waals surface area (Å²) in [5, 5.41) is 0.580. The van der Waals surface area contributed by atoms with Crippen LogP contribution in [0.1, 0.15) is 26.6 Å². The molecule has 0 aliphatic heterocycles. The highest BCUT2D eigenvalue weighted by Crippen LogP contribution is 2.25. The van der Waals surface area contributed by atoms with Gasteiger partial charge in [-0.1, -0.05) is 0 Å². The van der Waals surface area contributed by atoms with Crippen LogP contribution in [0.15, 0.2) is 34.0 Å². The lowest BCUT2D eigenvalue weighted by atomic mass is 10.2. The van der Waals surface area contributed by atoms with Gasteiger partial charge in [-0.15, -0.1) is 11.3 Å². The fraction of sp³-hybridized carbons (Fsp3) is 0.235. The van der Waals surface area contributed by atoms with Gasteiger partial charge < -0.3 is 10.7 Å². The molecule has 0 aliphatic carbocycles. The van der Waals surface area contributed by atoms with Crippen LogP contribution in [0.2, 0.25) is 0 Å². The monoisotopic (exact) mass is 406 g/mol. The molecule has 1 amide bonds. The Kier molecular flexibility index (Phi) is 5.13. The van der Waals surface area contributed by atoms with Crippen molar-refractivity contribution in [3.63, 3.8) is 0 Å². The van der Waals surface area contributed by atoms with Crippen molar-refractivity contribution in [1.82, 2.24) is 14.7 Å². The fourth-order valence-corrected chi connectivity index (χ4v) is 4.68. The predicted octanol–water partition coefficient (Wildman–Crippen LogP) is 1.22. The van der Waals surface area contributed by atoms with E-state index in [-0.39, 0.29) is 29.0 Å². The van der Waals surface area contributed by atoms with E-state index in [9.17, 15) is 18.0 Å². The van der Waals surface area contributed by atoms with Crippen molar-refractivity contribution < 1.29 is 13.2 Å². The second kappa shape index (κ2) is 7.22. The van der Waals surface area contributed by atoms with Gasteiger partial charge in [0.05, 0.1) is 10.3 Å². The Labute approximate surface area is 159 Å². The van der Waals surface area contributed by atoms with Crippen LogP contribution in [0, 0.1) is 13.8 Å². The van der Waals surface area contributed by atoms with E-state index in [1.54, 1.807) is 0 Å². The molecular formula is C17H18N4O4S2. The normalized spacial score (nSPS) is 11.8. The molecule has 8 nitrogen and oxygen atoms in total. The first-order chi connectivity index (χ1) is 12.7. The number of carbonyl (C=O) groups excluding carboxylic acids is 1. The zero-order valence-electron chi connectivity index (χ0n) is 14.7. The first-order valence-electron chi connectivity index (χ1n) is 8.07. The number of sulfonamides is 1. The summed E-state index contributed by atoms with van der Waals surface area (Å²) in [4.78, 5) is 32.1. The van der Waals surface area contributed by atoms with Crippen molar-refractivity contribution in [3.05, 3.63) is 56.4 Å². The van der Waals surface area contributed by atoms with Crippen LogP contribution in [0.5, 0.6) is 0 Å². The first-order valence-corrected chi connectivity index (χ1v) is 10.4. The Morgan fingerprint density at radius 3 is 2.56 bits per heavy atom. The Hall–Kier alpha value is -2.56. The number of amides is 1. The van der Waals surface area contributed by atoms with Crippen LogP contribution in [-0.2, 0) is 16.4 Å². The molecule has 0 unspecified atom stereocenters. The molecule has 0 spiro atoms. The number of nitrogens with two attached hydrogens (primary N) is 1. The van der Waals surface area contributed by atoms with Crippen molar-refractivity contribution >= 4 is 37.5 Å². The van der Waals surface area contributed by atoms with Crippen molar-refractivity contribution in [2.75, 3.05) is 6.54 Å². The lowest BCUT2D eigenvalue weighted by Crippen LogP contribution is -2.27. The number of fused-ring (bicyclic) bond motifs is 1. The minimum absolute atomic E-state index is 0.0221. The fourth-order valence-electron chi connectivity index (χ4n) is 2.60. The molecule has 0 atom stereocenters. The van der Waals surface area contributed by atoms with Gasteiger partial charge in [0.1, 0.15) is 10.7 Å². The van der Waals surface area contributed by atoms with Crippen molar-refractivity contribution in [1.29, 1.82) is 0 Å². The summed E-state index contributed by atoms with van der Waals surface area (Å²) in [5.41, 5.74) is 6.06. The van der Waals surface area contributed by atoms with Gasteiger partial charge in [-0.25, -0.2) is 18.1 Å². The van der Waals surface area contributed by atoms with Gasteiger partial charge in [0.25, 0.3) is 5.56 Å². The SMILES string of the molecule is Cc1sc2nc(CCNS(=O)(=O)c3ccc(C(N)=O)cc3)[nH]c(=O)c2c1C. The van der Waals surface area contributed by atoms with Crippen molar-refractivity contribution in [2.45, 2.75) is 25.2 Å². The van der Waals surface area contributed by atoms with E-state index < -0.39 is 15.9 Å². The van der Waals surface area contributed by atoms with E-state index in [2.05, 4.69) is 14.7 Å². The number of H-pyrrole nitrogens is 1. The Bertz CT molecular complexity index is 1180. The first kappa shape index (κ1) is 19.2. The van der Waals surface area contributed by atoms with E-state index in [1.807, 2.05) is 13.8 Å². The summed E-state index contributed by atoms with van der Waals surface area (Å²) in [7, 11) is -3.75. The number of nitrogens with one attached hydrogen (secondary N) is 2. The van der Waals surface area contributed by atoms with Crippen molar-refractivity contribution in [3.8, 4) is 0 Å². The number of benzene rings is 1. The third kappa shape index (κ3) is 3.92. The maximum absolute atomic E-state index is 12.3. The molecule has 142 valence electrons. The van der Waals surface area contributed by atoms with Crippen LogP contribution in [0.25, 0.3) is 10.2 Å². The molecule has 0 bridgehead atoms. The average Bonchev–Trinajstić information content (AvgIpc) is 2.89. The maximum Gasteiger partial charge on any atom is 0.259 e. The number of nitrogens with zero attached hydrogens (tertiary/aromatic N) is 1. The maximum atomic E-state index is 12.3. The third-order valence-electron chi connectivity index (χ3n) is 4.19. The van der Waals surface area contributed by atoms with Gasteiger partial charge in [0.15, 0.2) is 0 Å². The molecule has 0 radical (unpaired) electrons. The summed E-state index contributed by atoms with van der Waals surface area (Å²) in [6.45, 7) is 3.87. The number of aromatic nitrogens is 2. The molecule has 0 saturated carbocycles. The lowest BCUT2D eigenvalue weighted by molar-refractivity contribution is 0.1000. The van der Waals surface area contributed by atoms with Gasteiger partial charge in [-0.05, 0) is 43.7 Å². The number of thiophene rings is 1. The number of hydrogen-bond acceptors (Lipinski definition) is 6. The van der Waals surface area contributed by atoms with Gasteiger partial charge in [-0.2, -0.15) is 0 Å². The molecule has 0 saturated heterocycles. The largest absolute Gasteiger partial charge is 0.366 e. The van der Waals surface area contributed by atoms with E-state index >= 15 is 0 Å². The zero-order valence-corrected chi connectivity index (χ0v) is 16.3. The molecule has 10 heteroatoms. The second-order valence-electron chi connectivity index (χ2n) is 6.01. The molecular weight excluding hydrogens is 388 g/mol. The highest BCUT2D eigenvalue weighted by atomic mass is 32.2. The molecule has 3 aromatic rings. The molecule has 0 fully saturated rings. The standard InChI is InChI=1S/C17H18N4O4S2/c1-9-10(2)26-17-14(9)16(23)20-13(21-17)7-8-19-27(24,25)12-5-3-11(4-6-12)15(18)22/h3-6,19H,7-8H2,1-2H3,(H2,18,22)(H,20,21,23). The van der Waals surface area contributed by atoms with Crippen LogP contribution < -0.4 is 16.0 Å². The van der Waals surface area contributed by atoms with Gasteiger partial charge >= 0.3 is 0 Å². The number of aromatic amines is 1. The number of carbonyl (C=O) groups is 1. The minimum atomic E-state index is -3.75. The van der Waals surface area contributed by atoms with Gasteiger partial charge in [0.2, 0.25) is 15.9 Å². The molecule has 2 heterocycles. The van der Waals surface area contributed by atoms with Crippen LogP contribution >= 0.6 is 11.3 Å². The lowest BCUT2D eigenvalue weighted by Gasteiger charge is -2.07. The highest BCUT2D eigenvalue weighted by molar-refractivity contribution is 7.89. The summed E-state index contributed by atoms with van der Waals surface area (Å²) >= 11 is 1.44. The van der Waals surface area contributed by atoms with Crippen LogP contribution in [-0.4, -0.2) is 30.8 Å². The summed E-state index contributed by atoms with van der Waals surface area (Å²) in [6, 6.07) is 5.33. The van der Waals surface area contributed by atoms with Gasteiger partial charge in [0, 0.05) is 23.4 Å². The average molecular weight is 406 g/mol. The van der Waals surface area contributed by atoms with E-state index in [0.717, 1.165) is 10.4 Å². The number of primary amides is 1. The Morgan fingerprint density at radius 2 is 1.93 bits per heavy atom. The molecule has 3 rings (SSSR count).